The van der Waals surface area contributed by atoms with Gasteiger partial charge < -0.3 is 10.2 Å². The van der Waals surface area contributed by atoms with Crippen LogP contribution in [0.1, 0.15) is 30.1 Å². The zero-order chi connectivity index (χ0) is 14.7. The highest BCUT2D eigenvalue weighted by Gasteiger charge is 2.27. The van der Waals surface area contributed by atoms with Crippen molar-refractivity contribution in [1.29, 1.82) is 5.26 Å². The second-order valence-corrected chi connectivity index (χ2v) is 4.95. The van der Waals surface area contributed by atoms with Crippen LogP contribution in [-0.4, -0.2) is 9.97 Å². The van der Waals surface area contributed by atoms with Crippen LogP contribution in [0.15, 0.2) is 30.3 Å². The van der Waals surface area contributed by atoms with Gasteiger partial charge in [-0.25, -0.2) is 10.8 Å². The Kier molecular flexibility index (Phi) is 3.67. The number of ether oxygens (including phenoxy) is 1. The van der Waals surface area contributed by atoms with E-state index >= 15 is 0 Å². The Balaban J connectivity index is 1.80. The molecule has 0 unspecified atom stereocenters. The highest BCUT2D eigenvalue weighted by Crippen LogP contribution is 2.39. The van der Waals surface area contributed by atoms with E-state index in [4.69, 9.17) is 15.8 Å². The minimum Gasteiger partial charge on any atom is -0.439 e. The number of hydrogen-bond acceptors (Lipinski definition) is 6. The minimum absolute atomic E-state index is 0.390. The number of nitrogens with two attached hydrogens (primary N) is 1. The normalized spacial score (nSPS) is 13.5. The maximum atomic E-state index is 8.65. The van der Waals surface area contributed by atoms with Gasteiger partial charge in [-0.15, -0.1) is 0 Å². The van der Waals surface area contributed by atoms with Crippen LogP contribution >= 0.6 is 0 Å². The predicted octanol–water partition coefficient (Wildman–Crippen LogP) is 2.50. The van der Waals surface area contributed by atoms with Crippen LogP contribution in [-0.2, 0) is 6.42 Å². The second kappa shape index (κ2) is 5.77. The third-order valence-corrected chi connectivity index (χ3v) is 3.24. The number of anilines is 1. The van der Waals surface area contributed by atoms with Crippen molar-refractivity contribution in [2.45, 2.75) is 25.2 Å². The van der Waals surface area contributed by atoms with E-state index in [0.29, 0.717) is 29.8 Å². The zero-order valence-electron chi connectivity index (χ0n) is 11.4. The number of benzene rings is 1. The molecule has 6 nitrogen and oxygen atoms in total. The molecule has 0 saturated heterocycles. The van der Waals surface area contributed by atoms with Gasteiger partial charge in [0.05, 0.1) is 12.5 Å². The molecular weight excluding hydrogens is 266 g/mol. The summed E-state index contributed by atoms with van der Waals surface area (Å²) in [5, 5.41) is 8.65. The SMILES string of the molecule is N#CCc1ccc(Oc2cc(NN)nc(C3CC3)n2)cc1. The van der Waals surface area contributed by atoms with E-state index in [2.05, 4.69) is 21.5 Å². The molecule has 6 heteroatoms. The molecule has 1 aliphatic rings. The fraction of sp³-hybridized carbons (Fsp3) is 0.267. The van der Waals surface area contributed by atoms with Gasteiger partial charge in [-0.2, -0.15) is 10.2 Å². The van der Waals surface area contributed by atoms with Crippen molar-refractivity contribution in [2.24, 2.45) is 5.84 Å². The van der Waals surface area contributed by atoms with Crippen LogP contribution in [0.4, 0.5) is 5.82 Å². The summed E-state index contributed by atoms with van der Waals surface area (Å²) in [7, 11) is 0. The molecule has 0 spiro atoms. The van der Waals surface area contributed by atoms with Crippen molar-refractivity contribution in [1.82, 2.24) is 9.97 Å². The highest BCUT2D eigenvalue weighted by molar-refractivity contribution is 5.40. The Hall–Kier alpha value is -2.65. The molecule has 3 N–H and O–H groups in total. The van der Waals surface area contributed by atoms with Crippen LogP contribution in [0.3, 0.4) is 0 Å². The Morgan fingerprint density at radius 3 is 2.67 bits per heavy atom. The number of nitrogen functional groups attached to an aromatic ring is 1. The van der Waals surface area contributed by atoms with Crippen LogP contribution in [0.25, 0.3) is 0 Å². The lowest BCUT2D eigenvalue weighted by molar-refractivity contribution is 0.459. The van der Waals surface area contributed by atoms with Crippen molar-refractivity contribution < 1.29 is 4.74 Å². The van der Waals surface area contributed by atoms with Crippen molar-refractivity contribution in [2.75, 3.05) is 5.43 Å². The zero-order valence-corrected chi connectivity index (χ0v) is 11.4. The third kappa shape index (κ3) is 3.27. The van der Waals surface area contributed by atoms with Crippen molar-refractivity contribution in [3.63, 3.8) is 0 Å². The standard InChI is InChI=1S/C15H15N5O/c16-8-7-10-1-5-12(6-2-10)21-14-9-13(20-17)18-15(19-14)11-3-4-11/h1-2,5-6,9,11H,3-4,7,17H2,(H,18,19,20). The number of nitrogens with one attached hydrogen (secondary N) is 1. The van der Waals surface area contributed by atoms with Gasteiger partial charge in [0, 0.05) is 12.0 Å². The van der Waals surface area contributed by atoms with E-state index in [0.717, 1.165) is 24.2 Å². The maximum Gasteiger partial charge on any atom is 0.224 e. The van der Waals surface area contributed by atoms with Gasteiger partial charge in [0.1, 0.15) is 17.4 Å². The number of nitriles is 1. The first-order valence-electron chi connectivity index (χ1n) is 6.78. The molecule has 1 aliphatic carbocycles. The topological polar surface area (TPSA) is 96.8 Å². The molecular formula is C15H15N5O. The molecule has 1 heterocycles. The summed E-state index contributed by atoms with van der Waals surface area (Å²) in [6, 6.07) is 11.1. The summed E-state index contributed by atoms with van der Waals surface area (Å²) in [5.74, 6) is 8.29. The quantitative estimate of drug-likeness (QED) is 0.645. The summed E-state index contributed by atoms with van der Waals surface area (Å²) in [6.07, 6.45) is 2.60. The molecule has 1 aromatic heterocycles. The predicted molar refractivity (Wildman–Crippen MR) is 77.7 cm³/mol. The Morgan fingerprint density at radius 1 is 1.29 bits per heavy atom. The fourth-order valence-electron chi connectivity index (χ4n) is 1.98. The molecule has 0 bridgehead atoms. The van der Waals surface area contributed by atoms with E-state index in [9.17, 15) is 0 Å². The lowest BCUT2D eigenvalue weighted by atomic mass is 10.2. The Bertz CT molecular complexity index is 673. The minimum atomic E-state index is 0.390. The number of aromatic nitrogens is 2. The van der Waals surface area contributed by atoms with Crippen LogP contribution in [0.5, 0.6) is 11.6 Å². The number of nitrogens with zero attached hydrogens (tertiary/aromatic N) is 3. The fourth-order valence-corrected chi connectivity index (χ4v) is 1.98. The molecule has 0 radical (unpaired) electrons. The molecule has 3 rings (SSSR count). The lowest BCUT2D eigenvalue weighted by Crippen LogP contribution is -2.10. The Labute approximate surface area is 122 Å². The van der Waals surface area contributed by atoms with E-state index in [1.807, 2.05) is 24.3 Å². The Morgan fingerprint density at radius 2 is 2.05 bits per heavy atom. The monoisotopic (exact) mass is 281 g/mol. The van der Waals surface area contributed by atoms with Gasteiger partial charge in [-0.05, 0) is 30.5 Å². The van der Waals surface area contributed by atoms with E-state index in [-0.39, 0.29) is 0 Å². The molecule has 106 valence electrons. The van der Waals surface area contributed by atoms with E-state index in [1.165, 1.54) is 0 Å². The molecule has 0 aliphatic heterocycles. The molecule has 1 saturated carbocycles. The highest BCUT2D eigenvalue weighted by atomic mass is 16.5. The van der Waals surface area contributed by atoms with Crippen LogP contribution in [0.2, 0.25) is 0 Å². The average molecular weight is 281 g/mol. The van der Waals surface area contributed by atoms with Gasteiger partial charge >= 0.3 is 0 Å². The van der Waals surface area contributed by atoms with Gasteiger partial charge in [-0.3, -0.25) is 0 Å². The number of hydrogen-bond donors (Lipinski definition) is 2. The average Bonchev–Trinajstić information content (AvgIpc) is 3.34. The van der Waals surface area contributed by atoms with Gasteiger partial charge in [0.15, 0.2) is 0 Å². The lowest BCUT2D eigenvalue weighted by Gasteiger charge is -2.09. The van der Waals surface area contributed by atoms with Crippen molar-refractivity contribution in [3.8, 4) is 17.7 Å². The largest absolute Gasteiger partial charge is 0.439 e. The van der Waals surface area contributed by atoms with Crippen molar-refractivity contribution in [3.05, 3.63) is 41.7 Å². The molecule has 21 heavy (non-hydrogen) atoms. The summed E-state index contributed by atoms with van der Waals surface area (Å²) in [6.45, 7) is 0. The maximum absolute atomic E-state index is 8.65. The summed E-state index contributed by atoms with van der Waals surface area (Å²) >= 11 is 0. The van der Waals surface area contributed by atoms with Gasteiger partial charge in [0.25, 0.3) is 0 Å². The number of rotatable bonds is 5. The second-order valence-electron chi connectivity index (χ2n) is 4.95. The van der Waals surface area contributed by atoms with Gasteiger partial charge in [0.2, 0.25) is 5.88 Å². The summed E-state index contributed by atoms with van der Waals surface area (Å²) in [4.78, 5) is 8.75. The summed E-state index contributed by atoms with van der Waals surface area (Å²) in [5.41, 5.74) is 3.49. The molecule has 2 aromatic rings. The molecule has 0 amide bonds. The van der Waals surface area contributed by atoms with Gasteiger partial charge in [-0.1, -0.05) is 12.1 Å². The van der Waals surface area contributed by atoms with Crippen LogP contribution in [0, 0.1) is 11.3 Å². The first-order valence-corrected chi connectivity index (χ1v) is 6.78. The molecule has 1 fully saturated rings. The van der Waals surface area contributed by atoms with Crippen LogP contribution < -0.4 is 16.0 Å². The first-order chi connectivity index (χ1) is 10.3. The summed E-state index contributed by atoms with van der Waals surface area (Å²) < 4.78 is 5.74. The first kappa shape index (κ1) is 13.3. The van der Waals surface area contributed by atoms with E-state index in [1.54, 1.807) is 6.07 Å². The smallest absolute Gasteiger partial charge is 0.224 e. The van der Waals surface area contributed by atoms with Crippen molar-refractivity contribution >= 4 is 5.82 Å². The molecule has 1 aromatic carbocycles. The molecule has 0 atom stereocenters. The third-order valence-electron chi connectivity index (χ3n) is 3.24. The number of hydrazine groups is 1. The van der Waals surface area contributed by atoms with E-state index < -0.39 is 0 Å².